The molecule has 0 saturated heterocycles. The van der Waals surface area contributed by atoms with Crippen LogP contribution in [0.2, 0.25) is 0 Å². The van der Waals surface area contributed by atoms with Gasteiger partial charge in [-0.3, -0.25) is 4.79 Å². The normalized spacial score (nSPS) is 15.2. The molecule has 4 rings (SSSR count). The first-order valence-corrected chi connectivity index (χ1v) is 8.48. The molecular formula is C19H19N5O2. The number of ether oxygens (including phenoxy) is 1. The van der Waals surface area contributed by atoms with Crippen LogP contribution in [0.15, 0.2) is 61.2 Å². The van der Waals surface area contributed by atoms with E-state index in [4.69, 9.17) is 4.74 Å². The molecule has 0 radical (unpaired) electrons. The number of hydrogen-bond acceptors (Lipinski definition) is 5. The number of nitrogens with one attached hydrogen (secondary N) is 2. The molecule has 2 N–H and O–H groups in total. The number of carbonyl (C=O) groups is 1. The van der Waals surface area contributed by atoms with Crippen molar-refractivity contribution >= 4 is 11.6 Å². The lowest BCUT2D eigenvalue weighted by atomic mass is 10.1. The molecule has 2 heterocycles. The SMILES string of the molecule is O=C(CNc1ccc(-n2cncn2)cc1)NC[C@@H]1Cc2ccccc2O1. The summed E-state index contributed by atoms with van der Waals surface area (Å²) in [6, 6.07) is 15.6. The quantitative estimate of drug-likeness (QED) is 0.709. The zero-order valence-corrected chi connectivity index (χ0v) is 14.1. The maximum Gasteiger partial charge on any atom is 0.239 e. The lowest BCUT2D eigenvalue weighted by Crippen LogP contribution is -2.37. The fourth-order valence-electron chi connectivity index (χ4n) is 2.91. The average Bonchev–Trinajstić information content (AvgIpc) is 3.34. The van der Waals surface area contributed by atoms with Gasteiger partial charge in [-0.2, -0.15) is 5.10 Å². The molecule has 0 aliphatic carbocycles. The summed E-state index contributed by atoms with van der Waals surface area (Å²) in [6.07, 6.45) is 3.95. The highest BCUT2D eigenvalue weighted by atomic mass is 16.5. The van der Waals surface area contributed by atoms with Crippen molar-refractivity contribution in [3.05, 3.63) is 66.7 Å². The van der Waals surface area contributed by atoms with Crippen molar-refractivity contribution in [2.75, 3.05) is 18.4 Å². The zero-order valence-electron chi connectivity index (χ0n) is 14.1. The van der Waals surface area contributed by atoms with Gasteiger partial charge in [0.1, 0.15) is 24.5 Å². The average molecular weight is 349 g/mol. The number of amides is 1. The molecule has 0 unspecified atom stereocenters. The first kappa shape index (κ1) is 16.1. The molecule has 132 valence electrons. The number of carbonyl (C=O) groups excluding carboxylic acids is 1. The summed E-state index contributed by atoms with van der Waals surface area (Å²) in [5.74, 6) is 0.849. The van der Waals surface area contributed by atoms with Crippen LogP contribution in [-0.4, -0.2) is 39.9 Å². The fraction of sp³-hybridized carbons (Fsp3) is 0.211. The van der Waals surface area contributed by atoms with E-state index < -0.39 is 0 Å². The molecule has 1 aliphatic rings. The Morgan fingerprint density at radius 2 is 2.04 bits per heavy atom. The summed E-state index contributed by atoms with van der Waals surface area (Å²) in [7, 11) is 0. The van der Waals surface area contributed by atoms with Crippen LogP contribution in [0.25, 0.3) is 5.69 Å². The van der Waals surface area contributed by atoms with Crippen molar-refractivity contribution < 1.29 is 9.53 Å². The number of benzene rings is 2. The minimum absolute atomic E-state index is 0.00156. The molecule has 26 heavy (non-hydrogen) atoms. The van der Waals surface area contributed by atoms with Gasteiger partial charge in [0.2, 0.25) is 5.91 Å². The second kappa shape index (κ2) is 7.26. The van der Waals surface area contributed by atoms with Gasteiger partial charge in [0, 0.05) is 12.1 Å². The highest BCUT2D eigenvalue weighted by molar-refractivity contribution is 5.80. The van der Waals surface area contributed by atoms with Crippen LogP contribution in [0, 0.1) is 0 Å². The smallest absolute Gasteiger partial charge is 0.239 e. The summed E-state index contributed by atoms with van der Waals surface area (Å²) < 4.78 is 7.50. The third kappa shape index (κ3) is 3.66. The highest BCUT2D eigenvalue weighted by Crippen LogP contribution is 2.27. The maximum absolute atomic E-state index is 12.0. The van der Waals surface area contributed by atoms with Gasteiger partial charge in [0.25, 0.3) is 0 Å². The van der Waals surface area contributed by atoms with E-state index in [9.17, 15) is 4.79 Å². The maximum atomic E-state index is 12.0. The molecule has 0 bridgehead atoms. The van der Waals surface area contributed by atoms with Gasteiger partial charge >= 0.3 is 0 Å². The molecule has 0 fully saturated rings. The van der Waals surface area contributed by atoms with Crippen LogP contribution in [0.4, 0.5) is 5.69 Å². The Bertz CT molecular complexity index is 852. The standard InChI is InChI=1S/C19H19N5O2/c25-19(22-10-17-9-14-3-1-2-4-18(14)26-17)11-21-15-5-7-16(8-6-15)24-13-20-12-23-24/h1-8,12-13,17,21H,9-11H2,(H,22,25)/t17-/m0/s1. The van der Waals surface area contributed by atoms with Crippen LogP contribution in [-0.2, 0) is 11.2 Å². The summed E-state index contributed by atoms with van der Waals surface area (Å²) in [4.78, 5) is 16.0. The topological polar surface area (TPSA) is 81.1 Å². The Balaban J connectivity index is 1.22. The lowest BCUT2D eigenvalue weighted by Gasteiger charge is -2.13. The Labute approximate surface area is 151 Å². The molecule has 1 amide bonds. The minimum atomic E-state index is -0.0649. The van der Waals surface area contributed by atoms with Gasteiger partial charge in [0.05, 0.1) is 18.8 Å². The first-order chi connectivity index (χ1) is 12.8. The predicted octanol–water partition coefficient (Wildman–Crippen LogP) is 1.80. The summed E-state index contributed by atoms with van der Waals surface area (Å²) in [5.41, 5.74) is 2.97. The second-order valence-corrected chi connectivity index (χ2v) is 6.10. The molecular weight excluding hydrogens is 330 g/mol. The van der Waals surface area contributed by atoms with E-state index in [2.05, 4.69) is 26.8 Å². The largest absolute Gasteiger partial charge is 0.488 e. The Morgan fingerprint density at radius 3 is 2.81 bits per heavy atom. The van der Waals surface area contributed by atoms with Crippen LogP contribution >= 0.6 is 0 Å². The molecule has 2 aromatic carbocycles. The van der Waals surface area contributed by atoms with E-state index in [1.807, 2.05) is 42.5 Å². The number of fused-ring (bicyclic) bond motifs is 1. The third-order valence-corrected chi connectivity index (χ3v) is 4.24. The van der Waals surface area contributed by atoms with Crippen molar-refractivity contribution in [3.8, 4) is 11.4 Å². The third-order valence-electron chi connectivity index (χ3n) is 4.24. The number of nitrogens with zero attached hydrogens (tertiary/aromatic N) is 3. The van der Waals surface area contributed by atoms with Gasteiger partial charge < -0.3 is 15.4 Å². The summed E-state index contributed by atoms with van der Waals surface area (Å²) in [6.45, 7) is 0.711. The number of rotatable bonds is 6. The van der Waals surface area contributed by atoms with Crippen molar-refractivity contribution in [1.29, 1.82) is 0 Å². The van der Waals surface area contributed by atoms with E-state index in [-0.39, 0.29) is 18.6 Å². The number of hydrogen-bond donors (Lipinski definition) is 2. The van der Waals surface area contributed by atoms with Crippen LogP contribution in [0.1, 0.15) is 5.56 Å². The fourth-order valence-corrected chi connectivity index (χ4v) is 2.91. The lowest BCUT2D eigenvalue weighted by molar-refractivity contribution is -0.119. The summed E-state index contributed by atoms with van der Waals surface area (Å²) in [5, 5.41) is 10.1. The van der Waals surface area contributed by atoms with Crippen LogP contribution in [0.5, 0.6) is 5.75 Å². The van der Waals surface area contributed by atoms with Gasteiger partial charge in [-0.05, 0) is 35.9 Å². The zero-order chi connectivity index (χ0) is 17.8. The van der Waals surface area contributed by atoms with Crippen LogP contribution < -0.4 is 15.4 Å². The molecule has 1 atom stereocenters. The highest BCUT2D eigenvalue weighted by Gasteiger charge is 2.22. The van der Waals surface area contributed by atoms with E-state index in [1.54, 1.807) is 11.0 Å². The number of aromatic nitrogens is 3. The van der Waals surface area contributed by atoms with Crippen molar-refractivity contribution in [3.63, 3.8) is 0 Å². The molecule has 1 aliphatic heterocycles. The summed E-state index contributed by atoms with van der Waals surface area (Å²) >= 11 is 0. The van der Waals surface area contributed by atoms with E-state index in [0.717, 1.165) is 23.5 Å². The second-order valence-electron chi connectivity index (χ2n) is 6.10. The molecule has 7 nitrogen and oxygen atoms in total. The van der Waals surface area contributed by atoms with Gasteiger partial charge in [-0.15, -0.1) is 0 Å². The van der Waals surface area contributed by atoms with E-state index in [0.29, 0.717) is 6.54 Å². The molecule has 7 heteroatoms. The number of anilines is 1. The van der Waals surface area contributed by atoms with E-state index >= 15 is 0 Å². The van der Waals surface area contributed by atoms with E-state index in [1.165, 1.54) is 11.9 Å². The monoisotopic (exact) mass is 349 g/mol. The molecule has 3 aromatic rings. The van der Waals surface area contributed by atoms with Crippen molar-refractivity contribution in [2.24, 2.45) is 0 Å². The molecule has 0 spiro atoms. The minimum Gasteiger partial charge on any atom is -0.488 e. The number of para-hydroxylation sites is 1. The van der Waals surface area contributed by atoms with Crippen LogP contribution in [0.3, 0.4) is 0 Å². The first-order valence-electron chi connectivity index (χ1n) is 8.48. The Morgan fingerprint density at radius 1 is 1.19 bits per heavy atom. The Kier molecular flexibility index (Phi) is 4.51. The van der Waals surface area contributed by atoms with Crippen molar-refractivity contribution in [2.45, 2.75) is 12.5 Å². The Hall–Kier alpha value is -3.35. The van der Waals surface area contributed by atoms with Gasteiger partial charge in [-0.1, -0.05) is 18.2 Å². The van der Waals surface area contributed by atoms with Crippen molar-refractivity contribution in [1.82, 2.24) is 20.1 Å². The van der Waals surface area contributed by atoms with Gasteiger partial charge in [-0.25, -0.2) is 9.67 Å². The molecule has 1 aromatic heterocycles. The van der Waals surface area contributed by atoms with Gasteiger partial charge in [0.15, 0.2) is 0 Å². The predicted molar refractivity (Wildman–Crippen MR) is 97.4 cm³/mol. The molecule has 0 saturated carbocycles.